The molecule has 1 aliphatic heterocycles. The Labute approximate surface area is 97.5 Å². The average molecular weight is 273 g/mol. The van der Waals surface area contributed by atoms with Crippen molar-refractivity contribution in [3.8, 4) is 5.75 Å². The van der Waals surface area contributed by atoms with Crippen LogP contribution in [0.15, 0.2) is 22.7 Å². The minimum atomic E-state index is -0.659. The standard InChI is InChI=1S/C11H13BrO3/c1-11(14-5-6-15-11)9-7-8(13-2)3-4-10(9)12/h3-4,7H,5-6H2,1-2H3. The molecule has 15 heavy (non-hydrogen) atoms. The number of hydrogen-bond acceptors (Lipinski definition) is 3. The van der Waals surface area contributed by atoms with Gasteiger partial charge in [-0.05, 0) is 25.1 Å². The van der Waals surface area contributed by atoms with E-state index in [9.17, 15) is 0 Å². The maximum atomic E-state index is 5.60. The van der Waals surface area contributed by atoms with Gasteiger partial charge in [0, 0.05) is 10.0 Å². The SMILES string of the molecule is COc1ccc(Br)c(C2(C)OCCO2)c1. The molecule has 0 spiro atoms. The molecule has 82 valence electrons. The Morgan fingerprint density at radius 3 is 2.60 bits per heavy atom. The molecule has 0 aliphatic carbocycles. The van der Waals surface area contributed by atoms with Crippen molar-refractivity contribution in [2.24, 2.45) is 0 Å². The van der Waals surface area contributed by atoms with Crippen molar-refractivity contribution in [3.05, 3.63) is 28.2 Å². The minimum absolute atomic E-state index is 0.625. The van der Waals surface area contributed by atoms with E-state index in [0.29, 0.717) is 13.2 Å². The first-order valence-corrected chi connectivity index (χ1v) is 5.57. The van der Waals surface area contributed by atoms with Crippen LogP contribution in [0, 0.1) is 0 Å². The number of hydrogen-bond donors (Lipinski definition) is 0. The lowest BCUT2D eigenvalue weighted by Crippen LogP contribution is -2.22. The molecule has 0 unspecified atom stereocenters. The predicted molar refractivity (Wildman–Crippen MR) is 60.0 cm³/mol. The summed E-state index contributed by atoms with van der Waals surface area (Å²) in [6, 6.07) is 5.76. The number of benzene rings is 1. The average Bonchev–Trinajstić information content (AvgIpc) is 2.67. The van der Waals surface area contributed by atoms with Crippen molar-refractivity contribution in [1.29, 1.82) is 0 Å². The molecule has 0 amide bonds. The van der Waals surface area contributed by atoms with E-state index < -0.39 is 5.79 Å². The zero-order valence-electron chi connectivity index (χ0n) is 8.75. The highest BCUT2D eigenvalue weighted by Crippen LogP contribution is 2.37. The first-order chi connectivity index (χ1) is 7.15. The summed E-state index contributed by atoms with van der Waals surface area (Å²) in [5.41, 5.74) is 0.958. The van der Waals surface area contributed by atoms with Crippen LogP contribution in [-0.2, 0) is 15.3 Å². The largest absolute Gasteiger partial charge is 0.497 e. The molecule has 1 aromatic carbocycles. The summed E-state index contributed by atoms with van der Waals surface area (Å²) in [6.07, 6.45) is 0. The third-order valence-corrected chi connectivity index (χ3v) is 3.19. The fourth-order valence-corrected chi connectivity index (χ4v) is 2.26. The Balaban J connectivity index is 2.41. The maximum Gasteiger partial charge on any atom is 0.193 e. The Morgan fingerprint density at radius 1 is 1.33 bits per heavy atom. The summed E-state index contributed by atoms with van der Waals surface area (Å²) in [6.45, 7) is 3.17. The van der Waals surface area contributed by atoms with E-state index in [1.807, 2.05) is 25.1 Å². The third kappa shape index (κ3) is 2.02. The van der Waals surface area contributed by atoms with Crippen LogP contribution in [0.5, 0.6) is 5.75 Å². The quantitative estimate of drug-likeness (QED) is 0.829. The van der Waals surface area contributed by atoms with Gasteiger partial charge in [0.25, 0.3) is 0 Å². The molecule has 0 atom stereocenters. The van der Waals surface area contributed by atoms with E-state index >= 15 is 0 Å². The van der Waals surface area contributed by atoms with Crippen LogP contribution in [0.4, 0.5) is 0 Å². The Hall–Kier alpha value is -0.580. The van der Waals surface area contributed by atoms with Gasteiger partial charge < -0.3 is 14.2 Å². The predicted octanol–water partition coefficient (Wildman–Crippen LogP) is 2.68. The maximum absolute atomic E-state index is 5.60. The Kier molecular flexibility index (Phi) is 3.00. The van der Waals surface area contributed by atoms with Crippen LogP contribution in [0.3, 0.4) is 0 Å². The molecule has 1 aromatic rings. The third-order valence-electron chi connectivity index (χ3n) is 2.50. The molecule has 2 rings (SSSR count). The van der Waals surface area contributed by atoms with Crippen molar-refractivity contribution >= 4 is 15.9 Å². The molecular weight excluding hydrogens is 260 g/mol. The molecule has 0 N–H and O–H groups in total. The monoisotopic (exact) mass is 272 g/mol. The lowest BCUT2D eigenvalue weighted by atomic mass is 10.1. The number of ether oxygens (including phenoxy) is 3. The molecule has 1 fully saturated rings. The van der Waals surface area contributed by atoms with Crippen LogP contribution in [-0.4, -0.2) is 20.3 Å². The summed E-state index contributed by atoms with van der Waals surface area (Å²) >= 11 is 3.49. The zero-order valence-corrected chi connectivity index (χ0v) is 10.3. The van der Waals surface area contributed by atoms with Crippen molar-refractivity contribution in [1.82, 2.24) is 0 Å². The van der Waals surface area contributed by atoms with E-state index in [2.05, 4.69) is 15.9 Å². The summed E-state index contributed by atoms with van der Waals surface area (Å²) in [7, 11) is 1.64. The van der Waals surface area contributed by atoms with Gasteiger partial charge in [0.2, 0.25) is 0 Å². The van der Waals surface area contributed by atoms with Gasteiger partial charge in [0.15, 0.2) is 5.79 Å². The Morgan fingerprint density at radius 2 is 2.00 bits per heavy atom. The van der Waals surface area contributed by atoms with E-state index in [4.69, 9.17) is 14.2 Å². The van der Waals surface area contributed by atoms with Gasteiger partial charge in [-0.15, -0.1) is 0 Å². The molecule has 3 nitrogen and oxygen atoms in total. The molecule has 4 heteroatoms. The van der Waals surface area contributed by atoms with Crippen LogP contribution < -0.4 is 4.74 Å². The lowest BCUT2D eigenvalue weighted by Gasteiger charge is -2.24. The van der Waals surface area contributed by atoms with Gasteiger partial charge in [0.1, 0.15) is 5.75 Å². The summed E-state index contributed by atoms with van der Waals surface area (Å²) in [5, 5.41) is 0. The molecule has 0 radical (unpaired) electrons. The topological polar surface area (TPSA) is 27.7 Å². The molecule has 0 bridgehead atoms. The van der Waals surface area contributed by atoms with E-state index in [-0.39, 0.29) is 0 Å². The normalized spacial score (nSPS) is 19.1. The molecule has 1 aliphatic rings. The van der Waals surface area contributed by atoms with Crippen molar-refractivity contribution < 1.29 is 14.2 Å². The van der Waals surface area contributed by atoms with Gasteiger partial charge in [-0.3, -0.25) is 0 Å². The zero-order chi connectivity index (χ0) is 10.9. The van der Waals surface area contributed by atoms with Crippen molar-refractivity contribution in [2.45, 2.75) is 12.7 Å². The van der Waals surface area contributed by atoms with Gasteiger partial charge in [0.05, 0.1) is 20.3 Å². The van der Waals surface area contributed by atoms with E-state index in [1.54, 1.807) is 7.11 Å². The molecule has 1 heterocycles. The molecule has 0 aromatic heterocycles. The van der Waals surface area contributed by atoms with Crippen molar-refractivity contribution in [2.75, 3.05) is 20.3 Å². The molecule has 1 saturated heterocycles. The van der Waals surface area contributed by atoms with Gasteiger partial charge >= 0.3 is 0 Å². The highest BCUT2D eigenvalue weighted by atomic mass is 79.9. The second-order valence-corrected chi connectivity index (χ2v) is 4.34. The summed E-state index contributed by atoms with van der Waals surface area (Å²) < 4.78 is 17.3. The first kappa shape index (κ1) is 10.9. The second kappa shape index (κ2) is 4.12. The van der Waals surface area contributed by atoms with E-state index in [0.717, 1.165) is 15.8 Å². The van der Waals surface area contributed by atoms with Crippen LogP contribution in [0.1, 0.15) is 12.5 Å². The van der Waals surface area contributed by atoms with Crippen molar-refractivity contribution in [3.63, 3.8) is 0 Å². The van der Waals surface area contributed by atoms with E-state index in [1.165, 1.54) is 0 Å². The lowest BCUT2D eigenvalue weighted by molar-refractivity contribution is -0.150. The number of rotatable bonds is 2. The fourth-order valence-electron chi connectivity index (χ4n) is 1.65. The number of methoxy groups -OCH3 is 1. The van der Waals surface area contributed by atoms with Crippen LogP contribution in [0.25, 0.3) is 0 Å². The first-order valence-electron chi connectivity index (χ1n) is 4.77. The smallest absolute Gasteiger partial charge is 0.193 e. The number of halogens is 1. The second-order valence-electron chi connectivity index (χ2n) is 3.49. The van der Waals surface area contributed by atoms with Gasteiger partial charge in [-0.2, -0.15) is 0 Å². The minimum Gasteiger partial charge on any atom is -0.497 e. The summed E-state index contributed by atoms with van der Waals surface area (Å²) in [5.74, 6) is 0.140. The van der Waals surface area contributed by atoms with Gasteiger partial charge in [-0.1, -0.05) is 15.9 Å². The fraction of sp³-hybridized carbons (Fsp3) is 0.455. The highest BCUT2D eigenvalue weighted by molar-refractivity contribution is 9.10. The van der Waals surface area contributed by atoms with Crippen LogP contribution >= 0.6 is 15.9 Å². The van der Waals surface area contributed by atoms with Crippen LogP contribution in [0.2, 0.25) is 0 Å². The van der Waals surface area contributed by atoms with Gasteiger partial charge in [-0.25, -0.2) is 0 Å². The molecule has 0 saturated carbocycles. The summed E-state index contributed by atoms with van der Waals surface area (Å²) in [4.78, 5) is 0. The molecular formula is C11H13BrO3. The highest BCUT2D eigenvalue weighted by Gasteiger charge is 2.35. The Bertz CT molecular complexity index is 359.